The Morgan fingerprint density at radius 1 is 1.18 bits per heavy atom. The molecule has 1 saturated heterocycles. The van der Waals surface area contributed by atoms with Gasteiger partial charge in [0.1, 0.15) is 12.2 Å². The number of carbonyl (C=O) groups excluding carboxylic acids is 1. The zero-order valence-electron chi connectivity index (χ0n) is 23.0. The zero-order valence-corrected chi connectivity index (χ0v) is 23.0. The molecule has 3 aliphatic rings. The number of aromatic nitrogens is 3. The predicted molar refractivity (Wildman–Crippen MR) is 144 cm³/mol. The molecule has 2 aromatic carbocycles. The normalized spacial score (nSPS) is 20.1. The first-order valence-corrected chi connectivity index (χ1v) is 13.9. The third-order valence-electron chi connectivity index (χ3n) is 8.86. The van der Waals surface area contributed by atoms with Crippen molar-refractivity contribution < 1.29 is 22.7 Å². The van der Waals surface area contributed by atoms with E-state index in [0.29, 0.717) is 30.9 Å². The summed E-state index contributed by atoms with van der Waals surface area (Å²) in [4.78, 5) is 15.2. The first-order valence-electron chi connectivity index (χ1n) is 13.9. The summed E-state index contributed by atoms with van der Waals surface area (Å²) < 4.78 is 50.5. The number of amides is 1. The van der Waals surface area contributed by atoms with E-state index in [0.717, 1.165) is 30.7 Å². The van der Waals surface area contributed by atoms with Crippen molar-refractivity contribution >= 4 is 11.6 Å². The Labute approximate surface area is 231 Å². The highest BCUT2D eigenvalue weighted by Crippen LogP contribution is 2.43. The van der Waals surface area contributed by atoms with Gasteiger partial charge in [-0.25, -0.2) is 0 Å². The van der Waals surface area contributed by atoms with E-state index >= 15 is 0 Å². The highest BCUT2D eigenvalue weighted by atomic mass is 19.4. The number of benzene rings is 2. The molecule has 2 atom stereocenters. The van der Waals surface area contributed by atoms with Crippen molar-refractivity contribution in [3.8, 4) is 0 Å². The van der Waals surface area contributed by atoms with Crippen molar-refractivity contribution in [2.45, 2.75) is 69.8 Å². The Bertz CT molecular complexity index is 1430. The Kier molecular flexibility index (Phi) is 6.73. The second-order valence-corrected chi connectivity index (χ2v) is 11.7. The lowest BCUT2D eigenvalue weighted by molar-refractivity contribution is -0.138. The molecule has 6 rings (SSSR count). The molecule has 7 nitrogen and oxygen atoms in total. The van der Waals surface area contributed by atoms with Crippen LogP contribution in [-0.4, -0.2) is 39.4 Å². The van der Waals surface area contributed by atoms with Gasteiger partial charge in [-0.3, -0.25) is 4.79 Å². The van der Waals surface area contributed by atoms with E-state index in [2.05, 4.69) is 22.4 Å². The Morgan fingerprint density at radius 2 is 1.95 bits per heavy atom. The first-order chi connectivity index (χ1) is 19.1. The van der Waals surface area contributed by atoms with E-state index in [9.17, 15) is 18.0 Å². The summed E-state index contributed by atoms with van der Waals surface area (Å²) in [6.07, 6.45) is 0.789. The number of rotatable bonds is 8. The Hall–Kier alpha value is -3.24. The van der Waals surface area contributed by atoms with Crippen LogP contribution in [0, 0.1) is 5.92 Å². The fourth-order valence-corrected chi connectivity index (χ4v) is 6.32. The number of alkyl halides is 3. The van der Waals surface area contributed by atoms with E-state index in [-0.39, 0.29) is 41.1 Å². The number of hydrogen-bond donors (Lipinski definition) is 1. The van der Waals surface area contributed by atoms with Gasteiger partial charge >= 0.3 is 6.18 Å². The summed E-state index contributed by atoms with van der Waals surface area (Å²) in [6.45, 7) is 5.11. The van der Waals surface area contributed by atoms with Crippen LogP contribution in [-0.2, 0) is 24.5 Å². The van der Waals surface area contributed by atoms with Gasteiger partial charge in [-0.15, -0.1) is 10.2 Å². The average molecular weight is 554 g/mol. The van der Waals surface area contributed by atoms with Gasteiger partial charge in [0.2, 0.25) is 0 Å². The molecule has 40 heavy (non-hydrogen) atoms. The van der Waals surface area contributed by atoms with Crippen LogP contribution in [0.25, 0.3) is 0 Å². The molecule has 0 radical (unpaired) electrons. The molecule has 0 spiro atoms. The molecular formula is C30H34F3N5O2. The average Bonchev–Trinajstić information content (AvgIpc) is 3.45. The number of nitrogens with one attached hydrogen (secondary N) is 1. The van der Waals surface area contributed by atoms with Crippen molar-refractivity contribution in [3.05, 3.63) is 76.4 Å². The molecule has 2 fully saturated rings. The summed E-state index contributed by atoms with van der Waals surface area (Å²) in [5.74, 6) is 0.457. The van der Waals surface area contributed by atoms with Crippen molar-refractivity contribution in [1.82, 2.24) is 20.1 Å². The number of ether oxygens (including phenoxy) is 1. The fraction of sp³-hybridized carbons (Fsp3) is 0.500. The number of halogens is 3. The van der Waals surface area contributed by atoms with Crippen molar-refractivity contribution in [1.29, 1.82) is 0 Å². The van der Waals surface area contributed by atoms with Crippen molar-refractivity contribution in [3.63, 3.8) is 0 Å². The summed E-state index contributed by atoms with van der Waals surface area (Å²) in [6, 6.07) is 10.1. The third kappa shape index (κ3) is 4.71. The van der Waals surface area contributed by atoms with Crippen LogP contribution in [0.15, 0.2) is 42.7 Å². The smallest absolute Gasteiger partial charge is 0.381 e. The summed E-state index contributed by atoms with van der Waals surface area (Å²) >= 11 is 0. The van der Waals surface area contributed by atoms with Gasteiger partial charge in [-0.1, -0.05) is 19.1 Å². The van der Waals surface area contributed by atoms with Crippen molar-refractivity contribution in [2.75, 3.05) is 18.1 Å². The van der Waals surface area contributed by atoms with Crippen LogP contribution in [0.5, 0.6) is 0 Å². The summed E-state index contributed by atoms with van der Waals surface area (Å²) in [5, 5.41) is 11.9. The van der Waals surface area contributed by atoms with Crippen LogP contribution in [0.4, 0.5) is 18.9 Å². The number of hydrogen-bond acceptors (Lipinski definition) is 5. The minimum atomic E-state index is -4.57. The van der Waals surface area contributed by atoms with Gasteiger partial charge in [0.25, 0.3) is 5.91 Å². The van der Waals surface area contributed by atoms with E-state index in [1.54, 1.807) is 18.5 Å². The maximum absolute atomic E-state index is 14.4. The quantitative estimate of drug-likeness (QED) is 0.384. The number of fused-ring (bicyclic) bond motifs is 1. The standard InChI is InChI=1S/C30H34F3N5O2/c1-4-25(35-29(2)9-6-10-29)19-12-22-23(24(13-19)30(31,32)33)14-38(28(22)39)21-8-5-7-18(11-21)26(20-15-40-16-20)27-36-34-17-37(27)3/h5,7-8,11-13,17,20,25-26,35H,4,6,9-10,14-16H2,1-3H3/t25-,26-/m1/s1. The zero-order chi connectivity index (χ0) is 28.2. The fourth-order valence-electron chi connectivity index (χ4n) is 6.32. The van der Waals surface area contributed by atoms with Crippen LogP contribution < -0.4 is 10.2 Å². The second kappa shape index (κ2) is 9.99. The van der Waals surface area contributed by atoms with Crippen LogP contribution in [0.3, 0.4) is 0 Å². The van der Waals surface area contributed by atoms with Gasteiger partial charge in [-0.2, -0.15) is 13.2 Å². The summed E-state index contributed by atoms with van der Waals surface area (Å²) in [5.41, 5.74) is 1.35. The molecule has 2 aliphatic heterocycles. The van der Waals surface area contributed by atoms with Gasteiger partial charge in [0, 0.05) is 35.8 Å². The summed E-state index contributed by atoms with van der Waals surface area (Å²) in [7, 11) is 1.88. The van der Waals surface area contributed by atoms with Crippen LogP contribution in [0.2, 0.25) is 0 Å². The van der Waals surface area contributed by atoms with E-state index < -0.39 is 17.6 Å². The molecule has 1 aliphatic carbocycles. The number of anilines is 1. The van der Waals surface area contributed by atoms with E-state index in [4.69, 9.17) is 4.74 Å². The molecule has 1 aromatic heterocycles. The van der Waals surface area contributed by atoms with Crippen LogP contribution in [0.1, 0.15) is 89.9 Å². The minimum absolute atomic E-state index is 0.0357. The molecule has 3 aromatic rings. The van der Waals surface area contributed by atoms with Crippen LogP contribution >= 0.6 is 0 Å². The number of aryl methyl sites for hydroxylation is 1. The lowest BCUT2D eigenvalue weighted by atomic mass is 9.77. The maximum atomic E-state index is 14.4. The van der Waals surface area contributed by atoms with Gasteiger partial charge < -0.3 is 19.5 Å². The monoisotopic (exact) mass is 553 g/mol. The molecule has 3 heterocycles. The number of nitrogens with zero attached hydrogens (tertiary/aromatic N) is 4. The molecule has 10 heteroatoms. The Morgan fingerprint density at radius 3 is 2.52 bits per heavy atom. The molecule has 0 unspecified atom stereocenters. The lowest BCUT2D eigenvalue weighted by Gasteiger charge is -2.42. The van der Waals surface area contributed by atoms with E-state index in [1.165, 1.54) is 11.0 Å². The lowest BCUT2D eigenvalue weighted by Crippen LogP contribution is -2.49. The molecule has 1 amide bonds. The molecule has 1 saturated carbocycles. The highest BCUT2D eigenvalue weighted by molar-refractivity contribution is 6.10. The maximum Gasteiger partial charge on any atom is 0.416 e. The largest absolute Gasteiger partial charge is 0.416 e. The topological polar surface area (TPSA) is 72.3 Å². The highest BCUT2D eigenvalue weighted by Gasteiger charge is 2.42. The third-order valence-corrected chi connectivity index (χ3v) is 8.86. The second-order valence-electron chi connectivity index (χ2n) is 11.7. The molecule has 0 bridgehead atoms. The molecule has 212 valence electrons. The van der Waals surface area contributed by atoms with Gasteiger partial charge in [-0.05, 0) is 73.6 Å². The molecule has 1 N–H and O–H groups in total. The van der Waals surface area contributed by atoms with Gasteiger partial charge in [0.15, 0.2) is 0 Å². The first kappa shape index (κ1) is 27.0. The van der Waals surface area contributed by atoms with Gasteiger partial charge in [0.05, 0.1) is 31.2 Å². The van der Waals surface area contributed by atoms with E-state index in [1.807, 2.05) is 36.7 Å². The van der Waals surface area contributed by atoms with Crippen molar-refractivity contribution in [2.24, 2.45) is 13.0 Å². The minimum Gasteiger partial charge on any atom is -0.381 e. The SMILES string of the molecule is CC[C@@H](NC1(C)CCC1)c1cc2c(c(C(F)(F)F)c1)CN(c1cccc([C@@H](c3nncn3C)C3COC3)c1)C2=O. The predicted octanol–water partition coefficient (Wildman–Crippen LogP) is 5.76. The Balaban J connectivity index is 1.36. The number of carbonyl (C=O) groups is 1. The molecular weight excluding hydrogens is 519 g/mol.